The smallest absolute Gasteiger partial charge is 0.130 e. The molecule has 0 bridgehead atoms. The first kappa shape index (κ1) is 12.6. The van der Waals surface area contributed by atoms with Crippen LogP contribution in [0.3, 0.4) is 0 Å². The number of rotatable bonds is 3. The van der Waals surface area contributed by atoms with Gasteiger partial charge in [-0.2, -0.15) is 0 Å². The highest BCUT2D eigenvalue weighted by molar-refractivity contribution is 6.31. The molecule has 0 heterocycles. The summed E-state index contributed by atoms with van der Waals surface area (Å²) in [6.45, 7) is 0. The van der Waals surface area contributed by atoms with E-state index in [1.165, 1.54) is 0 Å². The fourth-order valence-corrected chi connectivity index (χ4v) is 1.92. The largest absolute Gasteiger partial charge is 0.507 e. The zero-order valence-corrected chi connectivity index (χ0v) is 10.9. The standard InChI is InChI=1S/C14H13ClO3/c1-17-10-4-5-11(14(8-10)18-2)12-7-9(15)3-6-13(12)16/h3-8,16H,1-2H3. The molecule has 94 valence electrons. The molecule has 0 aliphatic heterocycles. The second-order valence-corrected chi connectivity index (χ2v) is 4.16. The molecule has 2 aromatic carbocycles. The van der Waals surface area contributed by atoms with Crippen molar-refractivity contribution in [2.75, 3.05) is 14.2 Å². The number of halogens is 1. The fourth-order valence-electron chi connectivity index (χ4n) is 1.75. The molecule has 0 saturated carbocycles. The van der Waals surface area contributed by atoms with Crippen molar-refractivity contribution in [1.29, 1.82) is 0 Å². The van der Waals surface area contributed by atoms with Gasteiger partial charge in [0.25, 0.3) is 0 Å². The lowest BCUT2D eigenvalue weighted by molar-refractivity contribution is 0.395. The Balaban J connectivity index is 2.59. The van der Waals surface area contributed by atoms with Gasteiger partial charge in [-0.25, -0.2) is 0 Å². The Labute approximate surface area is 111 Å². The number of benzene rings is 2. The summed E-state index contributed by atoms with van der Waals surface area (Å²) in [5.41, 5.74) is 1.39. The number of phenolic OH excluding ortho intramolecular Hbond substituents is 1. The Morgan fingerprint density at radius 1 is 0.944 bits per heavy atom. The Hall–Kier alpha value is -1.87. The van der Waals surface area contributed by atoms with E-state index in [-0.39, 0.29) is 5.75 Å². The van der Waals surface area contributed by atoms with E-state index in [0.29, 0.717) is 22.1 Å². The lowest BCUT2D eigenvalue weighted by atomic mass is 10.0. The first-order chi connectivity index (χ1) is 8.65. The molecule has 0 radical (unpaired) electrons. The van der Waals surface area contributed by atoms with E-state index < -0.39 is 0 Å². The number of aromatic hydroxyl groups is 1. The third kappa shape index (κ3) is 2.36. The zero-order chi connectivity index (χ0) is 13.1. The van der Waals surface area contributed by atoms with Gasteiger partial charge in [0.15, 0.2) is 0 Å². The maximum atomic E-state index is 9.89. The van der Waals surface area contributed by atoms with Gasteiger partial charge in [-0.15, -0.1) is 0 Å². The molecule has 0 atom stereocenters. The SMILES string of the molecule is COc1ccc(-c2cc(Cl)ccc2O)c(OC)c1. The molecule has 0 aliphatic rings. The molecule has 0 aliphatic carbocycles. The van der Waals surface area contributed by atoms with Crippen LogP contribution in [-0.2, 0) is 0 Å². The van der Waals surface area contributed by atoms with Crippen molar-refractivity contribution >= 4 is 11.6 Å². The van der Waals surface area contributed by atoms with Crippen molar-refractivity contribution in [3.05, 3.63) is 41.4 Å². The molecule has 0 spiro atoms. The average molecular weight is 265 g/mol. The van der Waals surface area contributed by atoms with E-state index in [1.807, 2.05) is 6.07 Å². The average Bonchev–Trinajstić information content (AvgIpc) is 2.41. The molecule has 3 nitrogen and oxygen atoms in total. The number of hydrogen-bond donors (Lipinski definition) is 1. The Morgan fingerprint density at radius 3 is 2.39 bits per heavy atom. The first-order valence-electron chi connectivity index (χ1n) is 5.36. The summed E-state index contributed by atoms with van der Waals surface area (Å²) in [5, 5.41) is 10.4. The molecule has 2 aromatic rings. The van der Waals surface area contributed by atoms with Crippen LogP contribution in [0.1, 0.15) is 0 Å². The van der Waals surface area contributed by atoms with E-state index in [0.717, 1.165) is 5.56 Å². The van der Waals surface area contributed by atoms with Crippen molar-refractivity contribution < 1.29 is 14.6 Å². The molecule has 2 rings (SSSR count). The number of hydrogen-bond acceptors (Lipinski definition) is 3. The second-order valence-electron chi connectivity index (χ2n) is 3.73. The summed E-state index contributed by atoms with van der Waals surface area (Å²) in [4.78, 5) is 0. The summed E-state index contributed by atoms with van der Waals surface area (Å²) in [5.74, 6) is 1.46. The van der Waals surface area contributed by atoms with Crippen LogP contribution < -0.4 is 9.47 Å². The normalized spacial score (nSPS) is 10.2. The molecule has 18 heavy (non-hydrogen) atoms. The Morgan fingerprint density at radius 2 is 1.72 bits per heavy atom. The molecule has 1 N–H and O–H groups in total. The molecule has 0 fully saturated rings. The molecular formula is C14H13ClO3. The number of methoxy groups -OCH3 is 2. The van der Waals surface area contributed by atoms with Crippen LogP contribution in [0.4, 0.5) is 0 Å². The van der Waals surface area contributed by atoms with E-state index in [1.54, 1.807) is 44.6 Å². The minimum atomic E-state index is 0.155. The van der Waals surface area contributed by atoms with Gasteiger partial charge in [-0.05, 0) is 30.3 Å². The lowest BCUT2D eigenvalue weighted by Crippen LogP contribution is -1.90. The van der Waals surface area contributed by atoms with Crippen molar-refractivity contribution in [3.63, 3.8) is 0 Å². The van der Waals surface area contributed by atoms with E-state index in [4.69, 9.17) is 21.1 Å². The molecular weight excluding hydrogens is 252 g/mol. The lowest BCUT2D eigenvalue weighted by Gasteiger charge is -2.12. The van der Waals surface area contributed by atoms with Gasteiger partial charge in [0.05, 0.1) is 14.2 Å². The fraction of sp³-hybridized carbons (Fsp3) is 0.143. The third-order valence-electron chi connectivity index (χ3n) is 2.66. The van der Waals surface area contributed by atoms with Crippen molar-refractivity contribution in [1.82, 2.24) is 0 Å². The van der Waals surface area contributed by atoms with Gasteiger partial charge in [-0.3, -0.25) is 0 Å². The van der Waals surface area contributed by atoms with Crippen LogP contribution in [0.25, 0.3) is 11.1 Å². The summed E-state index contributed by atoms with van der Waals surface area (Å²) in [6.07, 6.45) is 0. The van der Waals surface area contributed by atoms with Gasteiger partial charge in [0, 0.05) is 22.2 Å². The topological polar surface area (TPSA) is 38.7 Å². The monoisotopic (exact) mass is 264 g/mol. The predicted octanol–water partition coefficient (Wildman–Crippen LogP) is 3.73. The van der Waals surface area contributed by atoms with E-state index in [9.17, 15) is 5.11 Å². The highest BCUT2D eigenvalue weighted by atomic mass is 35.5. The summed E-state index contributed by atoms with van der Waals surface area (Å²) in [6, 6.07) is 10.3. The van der Waals surface area contributed by atoms with Crippen LogP contribution in [0.5, 0.6) is 17.2 Å². The van der Waals surface area contributed by atoms with E-state index in [2.05, 4.69) is 0 Å². The zero-order valence-electron chi connectivity index (χ0n) is 10.1. The summed E-state index contributed by atoms with van der Waals surface area (Å²) >= 11 is 5.94. The van der Waals surface area contributed by atoms with Gasteiger partial charge in [0.1, 0.15) is 17.2 Å². The molecule has 0 unspecified atom stereocenters. The highest BCUT2D eigenvalue weighted by Crippen LogP contribution is 2.38. The van der Waals surface area contributed by atoms with Gasteiger partial charge >= 0.3 is 0 Å². The van der Waals surface area contributed by atoms with Crippen LogP contribution in [0.15, 0.2) is 36.4 Å². The molecule has 0 amide bonds. The van der Waals surface area contributed by atoms with Gasteiger partial charge < -0.3 is 14.6 Å². The van der Waals surface area contributed by atoms with Crippen molar-refractivity contribution in [2.45, 2.75) is 0 Å². The summed E-state index contributed by atoms with van der Waals surface area (Å²) in [7, 11) is 3.16. The summed E-state index contributed by atoms with van der Waals surface area (Å²) < 4.78 is 10.4. The molecule has 4 heteroatoms. The van der Waals surface area contributed by atoms with Crippen LogP contribution >= 0.6 is 11.6 Å². The maximum Gasteiger partial charge on any atom is 0.130 e. The number of phenols is 1. The Kier molecular flexibility index (Phi) is 3.63. The minimum Gasteiger partial charge on any atom is -0.507 e. The minimum absolute atomic E-state index is 0.155. The molecule has 0 saturated heterocycles. The quantitative estimate of drug-likeness (QED) is 0.918. The highest BCUT2D eigenvalue weighted by Gasteiger charge is 2.11. The Bertz CT molecular complexity index is 567. The first-order valence-corrected chi connectivity index (χ1v) is 5.74. The van der Waals surface area contributed by atoms with Crippen LogP contribution in [0.2, 0.25) is 5.02 Å². The second kappa shape index (κ2) is 5.19. The van der Waals surface area contributed by atoms with Crippen LogP contribution in [-0.4, -0.2) is 19.3 Å². The molecule has 0 aromatic heterocycles. The number of ether oxygens (including phenoxy) is 2. The van der Waals surface area contributed by atoms with E-state index >= 15 is 0 Å². The van der Waals surface area contributed by atoms with Crippen LogP contribution in [0, 0.1) is 0 Å². The predicted molar refractivity (Wildman–Crippen MR) is 71.7 cm³/mol. The van der Waals surface area contributed by atoms with Crippen molar-refractivity contribution in [2.24, 2.45) is 0 Å². The third-order valence-corrected chi connectivity index (χ3v) is 2.89. The van der Waals surface area contributed by atoms with Gasteiger partial charge in [0.2, 0.25) is 0 Å². The maximum absolute atomic E-state index is 9.89. The van der Waals surface area contributed by atoms with Gasteiger partial charge in [-0.1, -0.05) is 11.6 Å². The van der Waals surface area contributed by atoms with Crippen molar-refractivity contribution in [3.8, 4) is 28.4 Å².